The first-order valence-electron chi connectivity index (χ1n) is 5.86. The number of nitro benzene ring substituents is 1. The molecule has 0 aromatic heterocycles. The molecule has 104 valence electrons. The summed E-state index contributed by atoms with van der Waals surface area (Å²) in [7, 11) is 0. The first-order valence-corrected chi connectivity index (χ1v) is 5.86. The van der Waals surface area contributed by atoms with E-state index in [-0.39, 0.29) is 11.8 Å². The smallest absolute Gasteiger partial charge is 0.274 e. The minimum absolute atomic E-state index is 0.169. The maximum Gasteiger partial charge on any atom is 0.274 e. The summed E-state index contributed by atoms with van der Waals surface area (Å²) in [5.41, 5.74) is 0.0615. The lowest BCUT2D eigenvalue weighted by atomic mass is 10.2. The number of benzene rings is 1. The topological polar surface area (TPSA) is 73.6 Å². The Bertz CT molecular complexity index is 493. The number of halogens is 1. The lowest BCUT2D eigenvalue weighted by Crippen LogP contribution is -2.26. The summed E-state index contributed by atoms with van der Waals surface area (Å²) in [5, 5.41) is 13.5. The average Bonchev–Trinajstić information content (AvgIpc) is 2.65. The van der Waals surface area contributed by atoms with Crippen molar-refractivity contribution < 1.29 is 18.8 Å². The van der Waals surface area contributed by atoms with Gasteiger partial charge in [0, 0.05) is 18.3 Å². The predicted octanol–water partition coefficient (Wildman–Crippen LogP) is 2.30. The number of hydrogen-bond donors (Lipinski definition) is 1. The van der Waals surface area contributed by atoms with Crippen molar-refractivity contribution in [2.45, 2.75) is 25.7 Å². The van der Waals surface area contributed by atoms with Crippen LogP contribution in [0.15, 0.2) is 18.2 Å². The highest BCUT2D eigenvalue weighted by Crippen LogP contribution is 2.24. The van der Waals surface area contributed by atoms with E-state index in [0.29, 0.717) is 18.8 Å². The zero-order valence-electron chi connectivity index (χ0n) is 10.7. The molecule has 0 aliphatic carbocycles. The van der Waals surface area contributed by atoms with Crippen molar-refractivity contribution in [3.05, 3.63) is 34.1 Å². The third-order valence-corrected chi connectivity index (χ3v) is 2.69. The van der Waals surface area contributed by atoms with Crippen LogP contribution in [-0.4, -0.2) is 30.0 Å². The highest BCUT2D eigenvalue weighted by Gasteiger charge is 2.32. The van der Waals surface area contributed by atoms with Crippen LogP contribution in [0, 0.1) is 15.9 Å². The molecule has 0 bridgehead atoms. The molecule has 1 N–H and O–H groups in total. The van der Waals surface area contributed by atoms with Crippen LogP contribution >= 0.6 is 0 Å². The Kier molecular flexibility index (Phi) is 3.68. The molecular formula is C12H15FN2O4. The third-order valence-electron chi connectivity index (χ3n) is 2.69. The minimum atomic E-state index is -0.652. The van der Waals surface area contributed by atoms with E-state index in [0.717, 1.165) is 6.07 Å². The summed E-state index contributed by atoms with van der Waals surface area (Å²) in [6.07, 6.45) is -0.169. The van der Waals surface area contributed by atoms with Crippen LogP contribution in [0.3, 0.4) is 0 Å². The molecule has 1 unspecified atom stereocenters. The van der Waals surface area contributed by atoms with Gasteiger partial charge in [-0.15, -0.1) is 0 Å². The molecule has 1 atom stereocenters. The van der Waals surface area contributed by atoms with E-state index in [1.807, 2.05) is 0 Å². The van der Waals surface area contributed by atoms with E-state index < -0.39 is 16.5 Å². The van der Waals surface area contributed by atoms with Gasteiger partial charge in [0.25, 0.3) is 5.69 Å². The Labute approximate surface area is 109 Å². The standard InChI is InChI=1S/C12H15FN2O4/c1-12(2)18-7-11(19-12)6-14-9-3-8(13)4-10(5-9)15(16)17/h3-5,11,14H,6-7H2,1-2H3. The average molecular weight is 270 g/mol. The summed E-state index contributed by atoms with van der Waals surface area (Å²) in [6, 6.07) is 3.36. The van der Waals surface area contributed by atoms with Gasteiger partial charge in [-0.3, -0.25) is 10.1 Å². The summed E-state index contributed by atoms with van der Waals surface area (Å²) in [4.78, 5) is 9.99. The highest BCUT2D eigenvalue weighted by atomic mass is 19.1. The van der Waals surface area contributed by atoms with Crippen molar-refractivity contribution in [2.24, 2.45) is 0 Å². The van der Waals surface area contributed by atoms with Crippen LogP contribution < -0.4 is 5.32 Å². The molecule has 2 rings (SSSR count). The Balaban J connectivity index is 1.98. The largest absolute Gasteiger partial charge is 0.382 e. The summed E-state index contributed by atoms with van der Waals surface area (Å²) < 4.78 is 24.2. The van der Waals surface area contributed by atoms with Gasteiger partial charge in [0.15, 0.2) is 5.79 Å². The Morgan fingerprint density at radius 1 is 1.53 bits per heavy atom. The fourth-order valence-corrected chi connectivity index (χ4v) is 1.88. The van der Waals surface area contributed by atoms with Gasteiger partial charge in [-0.1, -0.05) is 0 Å². The van der Waals surface area contributed by atoms with Crippen LogP contribution in [0.2, 0.25) is 0 Å². The first kappa shape index (κ1) is 13.7. The van der Waals surface area contributed by atoms with Crippen molar-refractivity contribution in [2.75, 3.05) is 18.5 Å². The van der Waals surface area contributed by atoms with Crippen LogP contribution in [-0.2, 0) is 9.47 Å². The van der Waals surface area contributed by atoms with Crippen molar-refractivity contribution in [3.8, 4) is 0 Å². The summed E-state index contributed by atoms with van der Waals surface area (Å²) in [6.45, 7) is 4.43. The molecule has 6 nitrogen and oxygen atoms in total. The van der Waals surface area contributed by atoms with Crippen molar-refractivity contribution in [1.29, 1.82) is 0 Å². The van der Waals surface area contributed by atoms with Crippen LogP contribution in [0.5, 0.6) is 0 Å². The second kappa shape index (κ2) is 5.10. The molecule has 0 radical (unpaired) electrons. The van der Waals surface area contributed by atoms with Crippen LogP contribution in [0.1, 0.15) is 13.8 Å². The minimum Gasteiger partial charge on any atom is -0.382 e. The zero-order chi connectivity index (χ0) is 14.0. The molecule has 0 amide bonds. The van der Waals surface area contributed by atoms with Crippen LogP contribution in [0.25, 0.3) is 0 Å². The molecule has 1 aliphatic rings. The highest BCUT2D eigenvalue weighted by molar-refractivity contribution is 5.51. The molecule has 1 aliphatic heterocycles. The number of non-ortho nitro benzene ring substituents is 1. The number of anilines is 1. The van der Waals surface area contributed by atoms with Crippen molar-refractivity contribution >= 4 is 11.4 Å². The number of hydrogen-bond acceptors (Lipinski definition) is 5. The van der Waals surface area contributed by atoms with E-state index in [4.69, 9.17) is 9.47 Å². The molecule has 19 heavy (non-hydrogen) atoms. The number of ether oxygens (including phenoxy) is 2. The molecule has 1 heterocycles. The molecule has 1 saturated heterocycles. The van der Waals surface area contributed by atoms with Crippen LogP contribution in [0.4, 0.5) is 15.8 Å². The van der Waals surface area contributed by atoms with Gasteiger partial charge in [0.05, 0.1) is 17.6 Å². The number of rotatable bonds is 4. The molecule has 1 fully saturated rings. The van der Waals surface area contributed by atoms with Gasteiger partial charge in [-0.05, 0) is 19.9 Å². The Morgan fingerprint density at radius 2 is 2.26 bits per heavy atom. The van der Waals surface area contributed by atoms with Gasteiger partial charge in [0.2, 0.25) is 0 Å². The van der Waals surface area contributed by atoms with E-state index in [2.05, 4.69) is 5.32 Å². The van der Waals surface area contributed by atoms with Crippen molar-refractivity contribution in [1.82, 2.24) is 0 Å². The SMILES string of the molecule is CC1(C)OCC(CNc2cc(F)cc([N+](=O)[O-])c2)O1. The van der Waals surface area contributed by atoms with Gasteiger partial charge < -0.3 is 14.8 Å². The normalized spacial score (nSPS) is 21.3. The van der Waals surface area contributed by atoms with Gasteiger partial charge >= 0.3 is 0 Å². The molecular weight excluding hydrogens is 255 g/mol. The zero-order valence-corrected chi connectivity index (χ0v) is 10.7. The van der Waals surface area contributed by atoms with E-state index in [1.165, 1.54) is 12.1 Å². The van der Waals surface area contributed by atoms with E-state index >= 15 is 0 Å². The molecule has 0 spiro atoms. The second-order valence-electron chi connectivity index (χ2n) is 4.79. The predicted molar refractivity (Wildman–Crippen MR) is 66.4 cm³/mol. The van der Waals surface area contributed by atoms with E-state index in [9.17, 15) is 14.5 Å². The first-order chi connectivity index (χ1) is 8.85. The maximum atomic E-state index is 13.2. The van der Waals surface area contributed by atoms with Crippen molar-refractivity contribution in [3.63, 3.8) is 0 Å². The van der Waals surface area contributed by atoms with E-state index in [1.54, 1.807) is 13.8 Å². The second-order valence-corrected chi connectivity index (χ2v) is 4.79. The number of nitrogens with one attached hydrogen (secondary N) is 1. The summed E-state index contributed by atoms with van der Waals surface area (Å²) >= 11 is 0. The van der Waals surface area contributed by atoms with Gasteiger partial charge in [0.1, 0.15) is 11.9 Å². The molecule has 1 aromatic carbocycles. The monoisotopic (exact) mass is 270 g/mol. The lowest BCUT2D eigenvalue weighted by molar-refractivity contribution is -0.385. The molecule has 0 saturated carbocycles. The quantitative estimate of drug-likeness (QED) is 0.671. The fourth-order valence-electron chi connectivity index (χ4n) is 1.88. The number of nitro groups is 1. The third kappa shape index (κ3) is 3.62. The molecule has 1 aromatic rings. The molecule has 7 heteroatoms. The van der Waals surface area contributed by atoms with Gasteiger partial charge in [-0.2, -0.15) is 0 Å². The fraction of sp³-hybridized carbons (Fsp3) is 0.500. The Hall–Kier alpha value is -1.73. The lowest BCUT2D eigenvalue weighted by Gasteiger charge is -2.17. The maximum absolute atomic E-state index is 13.2. The Morgan fingerprint density at radius 3 is 2.84 bits per heavy atom. The summed E-state index contributed by atoms with van der Waals surface area (Å²) in [5.74, 6) is -1.28. The van der Waals surface area contributed by atoms with Gasteiger partial charge in [-0.25, -0.2) is 4.39 Å². The number of nitrogens with zero attached hydrogens (tertiary/aromatic N) is 1.